The Balaban J connectivity index is 3.48. The molecule has 0 aliphatic heterocycles. The van der Waals surface area contributed by atoms with Gasteiger partial charge in [0.1, 0.15) is 11.8 Å². The Kier molecular flexibility index (Phi) is 3.56. The molecule has 0 bridgehead atoms. The van der Waals surface area contributed by atoms with Gasteiger partial charge in [-0.15, -0.1) is 0 Å². The topological polar surface area (TPSA) is 53.8 Å². The van der Waals surface area contributed by atoms with Crippen LogP contribution >= 0.6 is 23.2 Å². The molecule has 0 aliphatic carbocycles. The van der Waals surface area contributed by atoms with Crippen molar-refractivity contribution in [3.63, 3.8) is 0 Å². The summed E-state index contributed by atoms with van der Waals surface area (Å²) >= 11 is 10.7. The van der Waals surface area contributed by atoms with E-state index < -0.39 is 27.9 Å². The number of carbonyl (C=O) groups is 1. The first-order chi connectivity index (χ1) is 6.99. The first-order valence-electron chi connectivity index (χ1n) is 3.55. The zero-order chi connectivity index (χ0) is 11.6. The summed E-state index contributed by atoms with van der Waals surface area (Å²) in [6, 6.07) is 1.46. The lowest BCUT2D eigenvalue weighted by Gasteiger charge is -2.05. The molecule has 1 aromatic rings. The van der Waals surface area contributed by atoms with Gasteiger partial charge in [0, 0.05) is 6.20 Å². The fourth-order valence-corrected chi connectivity index (χ4v) is 1.38. The molecule has 0 aliphatic rings. The van der Waals surface area contributed by atoms with Crippen LogP contribution in [0, 0.1) is 11.3 Å². The number of rotatable bonds is 2. The Hall–Kier alpha value is -1.25. The largest absolute Gasteiger partial charge is 0.281 e. The van der Waals surface area contributed by atoms with Crippen LogP contribution in [0.4, 0.5) is 8.78 Å². The SMILES string of the molecule is N#Cc1c(C(F)F)ncc(C(=O)Cl)c1Cl. The summed E-state index contributed by atoms with van der Waals surface area (Å²) < 4.78 is 24.7. The third kappa shape index (κ3) is 2.22. The van der Waals surface area contributed by atoms with Gasteiger partial charge in [-0.3, -0.25) is 9.78 Å². The minimum Gasteiger partial charge on any atom is -0.275 e. The van der Waals surface area contributed by atoms with E-state index >= 15 is 0 Å². The highest BCUT2D eigenvalue weighted by Gasteiger charge is 2.21. The van der Waals surface area contributed by atoms with Gasteiger partial charge in [0.25, 0.3) is 11.7 Å². The van der Waals surface area contributed by atoms with Gasteiger partial charge in [-0.1, -0.05) is 11.6 Å². The zero-order valence-electron chi connectivity index (χ0n) is 6.97. The molecule has 78 valence electrons. The number of aromatic nitrogens is 1. The Morgan fingerprint density at radius 3 is 2.60 bits per heavy atom. The summed E-state index contributed by atoms with van der Waals surface area (Å²) in [6.45, 7) is 0. The van der Waals surface area contributed by atoms with Crippen molar-refractivity contribution in [2.24, 2.45) is 0 Å². The van der Waals surface area contributed by atoms with Crippen LogP contribution in [0.2, 0.25) is 5.02 Å². The number of carbonyl (C=O) groups excluding carboxylic acids is 1. The second-order valence-corrected chi connectivity index (χ2v) is 3.15. The first-order valence-corrected chi connectivity index (χ1v) is 4.31. The third-order valence-electron chi connectivity index (χ3n) is 1.58. The minimum absolute atomic E-state index is 0.265. The van der Waals surface area contributed by atoms with Crippen LogP contribution in [0.3, 0.4) is 0 Å². The second kappa shape index (κ2) is 4.51. The van der Waals surface area contributed by atoms with Crippen LogP contribution in [0.25, 0.3) is 0 Å². The van der Waals surface area contributed by atoms with Crippen molar-refractivity contribution in [3.8, 4) is 6.07 Å². The van der Waals surface area contributed by atoms with Crippen LogP contribution in [0.1, 0.15) is 28.0 Å². The van der Waals surface area contributed by atoms with Crippen LogP contribution in [0.5, 0.6) is 0 Å². The van der Waals surface area contributed by atoms with Crippen LogP contribution in [-0.4, -0.2) is 10.2 Å². The maximum atomic E-state index is 12.3. The number of pyridine rings is 1. The summed E-state index contributed by atoms with van der Waals surface area (Å²) in [5, 5.41) is 7.24. The van der Waals surface area contributed by atoms with E-state index in [1.165, 1.54) is 6.07 Å². The molecular weight excluding hydrogens is 249 g/mol. The van der Waals surface area contributed by atoms with Crippen molar-refractivity contribution < 1.29 is 13.6 Å². The molecule has 1 rings (SSSR count). The van der Waals surface area contributed by atoms with Crippen molar-refractivity contribution in [1.29, 1.82) is 5.26 Å². The fraction of sp³-hybridized carbons (Fsp3) is 0.125. The van der Waals surface area contributed by atoms with E-state index in [4.69, 9.17) is 28.5 Å². The van der Waals surface area contributed by atoms with E-state index in [1.807, 2.05) is 0 Å². The van der Waals surface area contributed by atoms with E-state index in [-0.39, 0.29) is 5.56 Å². The van der Waals surface area contributed by atoms with Gasteiger partial charge < -0.3 is 0 Å². The summed E-state index contributed by atoms with van der Waals surface area (Å²) in [6.07, 6.45) is -2.11. The summed E-state index contributed by atoms with van der Waals surface area (Å²) in [7, 11) is 0. The predicted molar refractivity (Wildman–Crippen MR) is 49.1 cm³/mol. The summed E-state index contributed by atoms with van der Waals surface area (Å²) in [5.41, 5.74) is -1.55. The highest BCUT2D eigenvalue weighted by atomic mass is 35.5. The van der Waals surface area contributed by atoms with Gasteiger partial charge in [0.15, 0.2) is 0 Å². The number of alkyl halides is 2. The van der Waals surface area contributed by atoms with E-state index in [2.05, 4.69) is 4.98 Å². The van der Waals surface area contributed by atoms with Crippen LogP contribution in [0.15, 0.2) is 6.20 Å². The Labute approximate surface area is 93.2 Å². The average molecular weight is 251 g/mol. The van der Waals surface area contributed by atoms with Gasteiger partial charge in [-0.05, 0) is 11.6 Å². The summed E-state index contributed by atoms with van der Waals surface area (Å²) in [4.78, 5) is 14.0. The maximum absolute atomic E-state index is 12.3. The highest BCUT2D eigenvalue weighted by molar-refractivity contribution is 6.68. The minimum atomic E-state index is -2.93. The lowest BCUT2D eigenvalue weighted by Crippen LogP contribution is -2.01. The molecular formula is C8H2Cl2F2N2O. The normalized spacial score (nSPS) is 10.1. The van der Waals surface area contributed by atoms with Gasteiger partial charge in [0.05, 0.1) is 16.1 Å². The predicted octanol–water partition coefficient (Wildman–Crippen LogP) is 2.92. The molecule has 0 saturated heterocycles. The summed E-state index contributed by atoms with van der Waals surface area (Å²) in [5.74, 6) is 0. The quantitative estimate of drug-likeness (QED) is 0.759. The molecule has 3 nitrogen and oxygen atoms in total. The van der Waals surface area contributed by atoms with Crippen molar-refractivity contribution >= 4 is 28.4 Å². The third-order valence-corrected chi connectivity index (χ3v) is 2.17. The lowest BCUT2D eigenvalue weighted by molar-refractivity contribution is 0.108. The van der Waals surface area contributed by atoms with E-state index in [0.717, 1.165) is 6.20 Å². The van der Waals surface area contributed by atoms with Gasteiger partial charge >= 0.3 is 0 Å². The number of halogens is 4. The van der Waals surface area contributed by atoms with Crippen molar-refractivity contribution in [1.82, 2.24) is 4.98 Å². The van der Waals surface area contributed by atoms with E-state index in [9.17, 15) is 13.6 Å². The molecule has 0 saturated carbocycles. The van der Waals surface area contributed by atoms with E-state index in [0.29, 0.717) is 0 Å². The molecule has 0 aromatic carbocycles. The molecule has 0 spiro atoms. The van der Waals surface area contributed by atoms with E-state index in [1.54, 1.807) is 0 Å². The van der Waals surface area contributed by atoms with Gasteiger partial charge in [-0.25, -0.2) is 8.78 Å². The molecule has 0 atom stereocenters. The first kappa shape index (κ1) is 11.8. The second-order valence-electron chi connectivity index (χ2n) is 2.43. The van der Waals surface area contributed by atoms with Gasteiger partial charge in [-0.2, -0.15) is 5.26 Å². The van der Waals surface area contributed by atoms with Crippen LogP contribution < -0.4 is 0 Å². The van der Waals surface area contributed by atoms with Crippen molar-refractivity contribution in [2.75, 3.05) is 0 Å². The molecule has 1 aromatic heterocycles. The molecule has 0 radical (unpaired) electrons. The number of hydrogen-bond donors (Lipinski definition) is 0. The van der Waals surface area contributed by atoms with Gasteiger partial charge in [0.2, 0.25) is 0 Å². The molecule has 15 heavy (non-hydrogen) atoms. The molecule has 1 heterocycles. The molecule has 0 N–H and O–H groups in total. The number of nitrogens with zero attached hydrogens (tertiary/aromatic N) is 2. The Bertz CT molecular complexity index is 457. The molecule has 0 amide bonds. The molecule has 0 fully saturated rings. The fourth-order valence-electron chi connectivity index (χ4n) is 0.911. The number of nitriles is 1. The highest BCUT2D eigenvalue weighted by Crippen LogP contribution is 2.29. The maximum Gasteiger partial charge on any atom is 0.281 e. The number of hydrogen-bond acceptors (Lipinski definition) is 3. The monoisotopic (exact) mass is 250 g/mol. The van der Waals surface area contributed by atoms with Crippen molar-refractivity contribution in [3.05, 3.63) is 28.0 Å². The van der Waals surface area contributed by atoms with Crippen molar-refractivity contribution in [2.45, 2.75) is 6.43 Å². The standard InChI is InChI=1S/C8H2Cl2F2N2O/c9-5-3(1-13)6(8(11)12)14-2-4(5)7(10)15/h2,8H. The Morgan fingerprint density at radius 1 is 1.60 bits per heavy atom. The average Bonchev–Trinajstić information content (AvgIpc) is 2.16. The zero-order valence-corrected chi connectivity index (χ0v) is 8.48. The van der Waals surface area contributed by atoms with Crippen LogP contribution in [-0.2, 0) is 0 Å². The lowest BCUT2D eigenvalue weighted by atomic mass is 10.1. The smallest absolute Gasteiger partial charge is 0.275 e. The molecule has 0 unspecified atom stereocenters. The Morgan fingerprint density at radius 2 is 2.20 bits per heavy atom. The molecule has 7 heteroatoms.